The van der Waals surface area contributed by atoms with Gasteiger partial charge in [-0.3, -0.25) is 4.79 Å². The SMILES string of the molecule is Cc1ccc(F)c(NC(=O)c2nc(C)n(-c3ccc(Cl)cc3)n2)c1. The lowest BCUT2D eigenvalue weighted by atomic mass is 10.2. The fourth-order valence-electron chi connectivity index (χ4n) is 2.23. The predicted octanol–water partition coefficient (Wildman–Crippen LogP) is 3.93. The number of carbonyl (C=O) groups is 1. The smallest absolute Gasteiger partial charge is 0.295 e. The van der Waals surface area contributed by atoms with Crippen molar-refractivity contribution in [1.29, 1.82) is 0 Å². The maximum Gasteiger partial charge on any atom is 0.295 e. The van der Waals surface area contributed by atoms with Crippen LogP contribution >= 0.6 is 11.6 Å². The molecule has 0 aliphatic carbocycles. The molecule has 0 bridgehead atoms. The molecule has 122 valence electrons. The second-order valence-corrected chi connectivity index (χ2v) is 5.74. The topological polar surface area (TPSA) is 59.8 Å². The largest absolute Gasteiger partial charge is 0.317 e. The van der Waals surface area contributed by atoms with Crippen LogP contribution in [0.3, 0.4) is 0 Å². The fourth-order valence-corrected chi connectivity index (χ4v) is 2.35. The highest BCUT2D eigenvalue weighted by Gasteiger charge is 2.17. The van der Waals surface area contributed by atoms with Gasteiger partial charge in [0.2, 0.25) is 5.82 Å². The molecular weight excluding hydrogens is 331 g/mol. The van der Waals surface area contributed by atoms with Crippen LogP contribution in [-0.4, -0.2) is 20.7 Å². The molecule has 0 aliphatic rings. The van der Waals surface area contributed by atoms with Crippen LogP contribution in [0.4, 0.5) is 10.1 Å². The molecular formula is C17H14ClFN4O. The number of anilines is 1. The van der Waals surface area contributed by atoms with E-state index >= 15 is 0 Å². The summed E-state index contributed by atoms with van der Waals surface area (Å²) in [7, 11) is 0. The predicted molar refractivity (Wildman–Crippen MR) is 90.2 cm³/mol. The van der Waals surface area contributed by atoms with E-state index in [4.69, 9.17) is 11.6 Å². The average Bonchev–Trinajstić information content (AvgIpc) is 2.94. The molecule has 0 spiro atoms. The Balaban J connectivity index is 1.87. The van der Waals surface area contributed by atoms with E-state index in [2.05, 4.69) is 15.4 Å². The van der Waals surface area contributed by atoms with Gasteiger partial charge in [-0.2, -0.15) is 0 Å². The molecule has 0 radical (unpaired) electrons. The maximum absolute atomic E-state index is 13.8. The Morgan fingerprint density at radius 3 is 2.58 bits per heavy atom. The summed E-state index contributed by atoms with van der Waals surface area (Å²) in [5.74, 6) is -0.589. The molecule has 1 amide bonds. The third-order valence-electron chi connectivity index (χ3n) is 3.41. The van der Waals surface area contributed by atoms with E-state index in [-0.39, 0.29) is 11.5 Å². The number of rotatable bonds is 3. The Kier molecular flexibility index (Phi) is 4.31. The first kappa shape index (κ1) is 16.1. The molecule has 1 aromatic heterocycles. The van der Waals surface area contributed by atoms with Crippen LogP contribution in [0, 0.1) is 19.7 Å². The molecule has 0 saturated heterocycles. The zero-order valence-electron chi connectivity index (χ0n) is 13.0. The van der Waals surface area contributed by atoms with Crippen molar-refractivity contribution in [2.24, 2.45) is 0 Å². The number of hydrogen-bond acceptors (Lipinski definition) is 3. The average molecular weight is 345 g/mol. The Morgan fingerprint density at radius 2 is 1.88 bits per heavy atom. The number of nitrogens with zero attached hydrogens (tertiary/aromatic N) is 3. The van der Waals surface area contributed by atoms with Crippen LogP contribution in [0.2, 0.25) is 5.02 Å². The van der Waals surface area contributed by atoms with E-state index in [1.807, 2.05) is 6.92 Å². The first-order valence-electron chi connectivity index (χ1n) is 7.21. The van der Waals surface area contributed by atoms with E-state index in [1.54, 1.807) is 43.3 Å². The van der Waals surface area contributed by atoms with Crippen LogP contribution in [0.15, 0.2) is 42.5 Å². The normalized spacial score (nSPS) is 10.7. The van der Waals surface area contributed by atoms with Crippen molar-refractivity contribution in [3.05, 3.63) is 70.5 Å². The molecule has 0 unspecified atom stereocenters. The van der Waals surface area contributed by atoms with Crippen LogP contribution in [0.5, 0.6) is 0 Å². The molecule has 2 aromatic carbocycles. The van der Waals surface area contributed by atoms with Crippen molar-refractivity contribution < 1.29 is 9.18 Å². The van der Waals surface area contributed by atoms with Crippen molar-refractivity contribution >= 4 is 23.2 Å². The van der Waals surface area contributed by atoms with Gasteiger partial charge >= 0.3 is 0 Å². The number of aryl methyl sites for hydroxylation is 2. The minimum Gasteiger partial charge on any atom is -0.317 e. The quantitative estimate of drug-likeness (QED) is 0.783. The van der Waals surface area contributed by atoms with Crippen LogP contribution < -0.4 is 5.32 Å². The summed E-state index contributed by atoms with van der Waals surface area (Å²) in [6.45, 7) is 3.54. The molecule has 0 atom stereocenters. The zero-order valence-corrected chi connectivity index (χ0v) is 13.8. The third-order valence-corrected chi connectivity index (χ3v) is 3.67. The first-order valence-corrected chi connectivity index (χ1v) is 7.59. The summed E-state index contributed by atoms with van der Waals surface area (Å²) in [6.07, 6.45) is 0. The van der Waals surface area contributed by atoms with Crippen molar-refractivity contribution in [3.63, 3.8) is 0 Å². The van der Waals surface area contributed by atoms with Crippen molar-refractivity contribution in [3.8, 4) is 5.69 Å². The number of nitrogens with one attached hydrogen (secondary N) is 1. The lowest BCUT2D eigenvalue weighted by Gasteiger charge is -2.05. The van der Waals surface area contributed by atoms with Gasteiger partial charge in [0.25, 0.3) is 5.91 Å². The monoisotopic (exact) mass is 344 g/mol. The fraction of sp³-hybridized carbons (Fsp3) is 0.118. The van der Waals surface area contributed by atoms with E-state index in [0.29, 0.717) is 10.8 Å². The van der Waals surface area contributed by atoms with Crippen molar-refractivity contribution in [1.82, 2.24) is 14.8 Å². The van der Waals surface area contributed by atoms with Crippen LogP contribution in [0.25, 0.3) is 5.69 Å². The second kappa shape index (κ2) is 6.41. The number of amides is 1. The highest BCUT2D eigenvalue weighted by atomic mass is 35.5. The van der Waals surface area contributed by atoms with Gasteiger partial charge in [0.15, 0.2) is 0 Å². The minimum atomic E-state index is -0.574. The lowest BCUT2D eigenvalue weighted by Crippen LogP contribution is -2.15. The summed E-state index contributed by atoms with van der Waals surface area (Å²) in [6, 6.07) is 11.5. The molecule has 3 aromatic rings. The highest BCUT2D eigenvalue weighted by Crippen LogP contribution is 2.17. The number of carbonyl (C=O) groups excluding carboxylic acids is 1. The summed E-state index contributed by atoms with van der Waals surface area (Å²) >= 11 is 5.87. The Hall–Kier alpha value is -2.73. The zero-order chi connectivity index (χ0) is 17.3. The lowest BCUT2D eigenvalue weighted by molar-refractivity contribution is 0.101. The molecule has 7 heteroatoms. The Morgan fingerprint density at radius 1 is 1.17 bits per heavy atom. The van der Waals surface area contributed by atoms with Crippen LogP contribution in [0.1, 0.15) is 22.0 Å². The van der Waals surface area contributed by atoms with Gasteiger partial charge in [-0.05, 0) is 55.8 Å². The molecule has 0 fully saturated rings. The van der Waals surface area contributed by atoms with Gasteiger partial charge in [0.05, 0.1) is 11.4 Å². The number of hydrogen-bond donors (Lipinski definition) is 1. The third kappa shape index (κ3) is 3.28. The first-order chi connectivity index (χ1) is 11.4. The Labute approximate surface area is 143 Å². The molecule has 3 rings (SSSR count). The number of benzene rings is 2. The summed E-state index contributed by atoms with van der Waals surface area (Å²) in [5, 5.41) is 7.28. The van der Waals surface area contributed by atoms with Gasteiger partial charge in [-0.25, -0.2) is 14.1 Å². The molecule has 1 heterocycles. The molecule has 1 N–H and O–H groups in total. The van der Waals surface area contributed by atoms with E-state index < -0.39 is 11.7 Å². The Bertz CT molecular complexity index is 905. The number of halogens is 2. The molecule has 0 aliphatic heterocycles. The van der Waals surface area contributed by atoms with Crippen LogP contribution in [-0.2, 0) is 0 Å². The van der Waals surface area contributed by atoms with E-state index in [1.165, 1.54) is 10.7 Å². The van der Waals surface area contributed by atoms with Crippen molar-refractivity contribution in [2.75, 3.05) is 5.32 Å². The van der Waals surface area contributed by atoms with Gasteiger partial charge in [0, 0.05) is 5.02 Å². The molecule has 5 nitrogen and oxygen atoms in total. The number of aromatic nitrogens is 3. The van der Waals surface area contributed by atoms with Gasteiger partial charge in [-0.1, -0.05) is 17.7 Å². The highest BCUT2D eigenvalue weighted by molar-refractivity contribution is 6.30. The van der Waals surface area contributed by atoms with Gasteiger partial charge in [0.1, 0.15) is 11.6 Å². The van der Waals surface area contributed by atoms with Gasteiger partial charge in [-0.15, -0.1) is 5.10 Å². The van der Waals surface area contributed by atoms with Gasteiger partial charge < -0.3 is 5.32 Å². The standard InChI is InChI=1S/C17H14ClFN4O/c1-10-3-8-14(19)15(9-10)21-17(24)16-20-11(2)23(22-16)13-6-4-12(18)5-7-13/h3-9H,1-2H3,(H,21,24). The summed E-state index contributed by atoms with van der Waals surface area (Å²) in [4.78, 5) is 16.4. The van der Waals surface area contributed by atoms with E-state index in [0.717, 1.165) is 11.3 Å². The summed E-state index contributed by atoms with van der Waals surface area (Å²) < 4.78 is 15.3. The molecule has 0 saturated carbocycles. The van der Waals surface area contributed by atoms with Crippen molar-refractivity contribution in [2.45, 2.75) is 13.8 Å². The summed E-state index contributed by atoms with van der Waals surface area (Å²) in [5.41, 5.74) is 1.66. The minimum absolute atomic E-state index is 0.0386. The molecule has 24 heavy (non-hydrogen) atoms. The van der Waals surface area contributed by atoms with E-state index in [9.17, 15) is 9.18 Å². The maximum atomic E-state index is 13.8. The second-order valence-electron chi connectivity index (χ2n) is 5.31.